The minimum absolute atomic E-state index is 0.447. The largest absolute Gasteiger partial charge is 0.494 e. The normalized spacial score (nSPS) is 21.5. The summed E-state index contributed by atoms with van der Waals surface area (Å²) in [5.74, 6) is 1.00. The number of hydrogen-bond acceptors (Lipinski definition) is 3. The number of rotatable bonds is 3. The molecule has 1 fully saturated rings. The molecule has 0 bridgehead atoms. The fourth-order valence-electron chi connectivity index (χ4n) is 2.33. The Labute approximate surface area is 104 Å². The molecule has 0 aromatic heterocycles. The lowest BCUT2D eigenvalue weighted by Crippen LogP contribution is -2.43. The number of nitrogens with zero attached hydrogens (tertiary/aromatic N) is 1. The van der Waals surface area contributed by atoms with E-state index in [0.29, 0.717) is 6.04 Å². The molecule has 1 aromatic carbocycles. The molecule has 0 spiro atoms. The molecular formula is C14H22N2O. The van der Waals surface area contributed by atoms with Crippen molar-refractivity contribution in [2.75, 3.05) is 33.3 Å². The van der Waals surface area contributed by atoms with Crippen molar-refractivity contribution in [1.29, 1.82) is 0 Å². The minimum atomic E-state index is 0.447. The molecule has 1 heterocycles. The van der Waals surface area contributed by atoms with Crippen LogP contribution in [0.15, 0.2) is 18.2 Å². The van der Waals surface area contributed by atoms with Crippen LogP contribution in [0.1, 0.15) is 24.1 Å². The Morgan fingerprint density at radius 3 is 2.94 bits per heavy atom. The van der Waals surface area contributed by atoms with E-state index in [1.54, 1.807) is 0 Å². The second-order valence-electron chi connectivity index (χ2n) is 4.73. The Morgan fingerprint density at radius 2 is 2.29 bits per heavy atom. The van der Waals surface area contributed by atoms with E-state index in [1.807, 2.05) is 6.92 Å². The third kappa shape index (κ3) is 2.99. The predicted octanol–water partition coefficient (Wildman–Crippen LogP) is 1.97. The van der Waals surface area contributed by atoms with Crippen LogP contribution in [0.25, 0.3) is 0 Å². The molecule has 3 nitrogen and oxygen atoms in total. The van der Waals surface area contributed by atoms with Crippen molar-refractivity contribution >= 4 is 0 Å². The van der Waals surface area contributed by atoms with E-state index in [9.17, 15) is 0 Å². The summed E-state index contributed by atoms with van der Waals surface area (Å²) in [4.78, 5) is 2.37. The fraction of sp³-hybridized carbons (Fsp3) is 0.571. The van der Waals surface area contributed by atoms with Crippen molar-refractivity contribution in [3.63, 3.8) is 0 Å². The van der Waals surface area contributed by atoms with Gasteiger partial charge in [0.1, 0.15) is 5.75 Å². The monoisotopic (exact) mass is 234 g/mol. The van der Waals surface area contributed by atoms with E-state index in [-0.39, 0.29) is 0 Å². The summed E-state index contributed by atoms with van der Waals surface area (Å²) in [6.07, 6.45) is 0. The standard InChI is InChI=1S/C14H22N2O/c1-4-17-14-6-5-12(9-11(14)2)13-10-16(3)8-7-15-13/h5-6,9,13,15H,4,7-8,10H2,1-3H3. The number of ether oxygens (including phenoxy) is 1. The lowest BCUT2D eigenvalue weighted by Gasteiger charge is -2.31. The van der Waals surface area contributed by atoms with Gasteiger partial charge < -0.3 is 15.0 Å². The first-order valence-electron chi connectivity index (χ1n) is 6.36. The van der Waals surface area contributed by atoms with Crippen molar-refractivity contribution < 1.29 is 4.74 Å². The highest BCUT2D eigenvalue weighted by molar-refractivity contribution is 5.37. The Hall–Kier alpha value is -1.06. The third-order valence-corrected chi connectivity index (χ3v) is 3.28. The molecule has 1 saturated heterocycles. The molecular weight excluding hydrogens is 212 g/mol. The molecule has 1 atom stereocenters. The second kappa shape index (κ2) is 5.52. The Kier molecular flexibility index (Phi) is 4.02. The first kappa shape index (κ1) is 12.4. The van der Waals surface area contributed by atoms with E-state index in [2.05, 4.69) is 42.4 Å². The molecule has 1 aromatic rings. The van der Waals surface area contributed by atoms with Crippen LogP contribution in [0.5, 0.6) is 5.75 Å². The lowest BCUT2D eigenvalue weighted by atomic mass is 10.0. The smallest absolute Gasteiger partial charge is 0.122 e. The summed E-state index contributed by atoms with van der Waals surface area (Å²) in [6, 6.07) is 6.95. The Morgan fingerprint density at radius 1 is 1.47 bits per heavy atom. The Bertz CT molecular complexity index is 378. The van der Waals surface area contributed by atoms with Crippen molar-refractivity contribution in [1.82, 2.24) is 10.2 Å². The van der Waals surface area contributed by atoms with E-state index < -0.39 is 0 Å². The maximum absolute atomic E-state index is 5.57. The lowest BCUT2D eigenvalue weighted by molar-refractivity contribution is 0.240. The number of piperazine rings is 1. The number of aryl methyl sites for hydroxylation is 1. The number of likely N-dealkylation sites (N-methyl/N-ethyl adjacent to an activating group) is 1. The van der Waals surface area contributed by atoms with Gasteiger partial charge in [0.2, 0.25) is 0 Å². The van der Waals surface area contributed by atoms with Gasteiger partial charge in [0.25, 0.3) is 0 Å². The Balaban J connectivity index is 2.13. The summed E-state index contributed by atoms with van der Waals surface area (Å²) in [6.45, 7) is 8.13. The van der Waals surface area contributed by atoms with Gasteiger partial charge in [0.15, 0.2) is 0 Å². The van der Waals surface area contributed by atoms with Gasteiger partial charge in [-0.05, 0) is 38.1 Å². The number of nitrogens with one attached hydrogen (secondary N) is 1. The van der Waals surface area contributed by atoms with Crippen LogP contribution in [0.3, 0.4) is 0 Å². The van der Waals surface area contributed by atoms with E-state index in [1.165, 1.54) is 11.1 Å². The third-order valence-electron chi connectivity index (χ3n) is 3.28. The maximum atomic E-state index is 5.57. The topological polar surface area (TPSA) is 24.5 Å². The molecule has 17 heavy (non-hydrogen) atoms. The van der Waals surface area contributed by atoms with Gasteiger partial charge in [-0.15, -0.1) is 0 Å². The fourth-order valence-corrected chi connectivity index (χ4v) is 2.33. The zero-order valence-corrected chi connectivity index (χ0v) is 11.0. The number of hydrogen-bond donors (Lipinski definition) is 1. The average molecular weight is 234 g/mol. The van der Waals surface area contributed by atoms with Crippen LogP contribution in [0.4, 0.5) is 0 Å². The average Bonchev–Trinajstić information content (AvgIpc) is 2.32. The van der Waals surface area contributed by atoms with Gasteiger partial charge >= 0.3 is 0 Å². The predicted molar refractivity (Wildman–Crippen MR) is 70.6 cm³/mol. The van der Waals surface area contributed by atoms with Crippen LogP contribution in [0.2, 0.25) is 0 Å². The van der Waals surface area contributed by atoms with Crippen molar-refractivity contribution in [2.45, 2.75) is 19.9 Å². The van der Waals surface area contributed by atoms with Crippen LogP contribution in [0, 0.1) is 6.92 Å². The molecule has 3 heteroatoms. The molecule has 0 aliphatic carbocycles. The highest BCUT2D eigenvalue weighted by Crippen LogP contribution is 2.24. The van der Waals surface area contributed by atoms with E-state index >= 15 is 0 Å². The zero-order valence-electron chi connectivity index (χ0n) is 11.0. The summed E-state index contributed by atoms with van der Waals surface area (Å²) in [7, 11) is 2.18. The molecule has 0 radical (unpaired) electrons. The van der Waals surface area contributed by atoms with Crippen LogP contribution < -0.4 is 10.1 Å². The molecule has 0 amide bonds. The maximum Gasteiger partial charge on any atom is 0.122 e. The quantitative estimate of drug-likeness (QED) is 0.865. The summed E-state index contributed by atoms with van der Waals surface area (Å²) >= 11 is 0. The van der Waals surface area contributed by atoms with Gasteiger partial charge in [-0.25, -0.2) is 0 Å². The van der Waals surface area contributed by atoms with Crippen molar-refractivity contribution in [3.8, 4) is 5.75 Å². The first-order valence-corrected chi connectivity index (χ1v) is 6.36. The van der Waals surface area contributed by atoms with E-state index in [0.717, 1.165) is 32.0 Å². The van der Waals surface area contributed by atoms with Crippen LogP contribution in [-0.2, 0) is 0 Å². The van der Waals surface area contributed by atoms with Gasteiger partial charge in [-0.3, -0.25) is 0 Å². The van der Waals surface area contributed by atoms with E-state index in [4.69, 9.17) is 4.74 Å². The summed E-state index contributed by atoms with van der Waals surface area (Å²) < 4.78 is 5.57. The molecule has 1 unspecified atom stereocenters. The van der Waals surface area contributed by atoms with Crippen LogP contribution in [-0.4, -0.2) is 38.2 Å². The molecule has 94 valence electrons. The molecule has 1 aliphatic rings. The summed E-state index contributed by atoms with van der Waals surface area (Å²) in [5.41, 5.74) is 2.58. The minimum Gasteiger partial charge on any atom is -0.494 e. The van der Waals surface area contributed by atoms with Gasteiger partial charge in [-0.2, -0.15) is 0 Å². The first-order chi connectivity index (χ1) is 8.20. The molecule has 2 rings (SSSR count). The zero-order chi connectivity index (χ0) is 12.3. The van der Waals surface area contributed by atoms with Crippen LogP contribution >= 0.6 is 0 Å². The van der Waals surface area contributed by atoms with Gasteiger partial charge in [0.05, 0.1) is 6.61 Å². The van der Waals surface area contributed by atoms with Gasteiger partial charge in [0, 0.05) is 25.7 Å². The molecule has 1 aliphatic heterocycles. The number of benzene rings is 1. The van der Waals surface area contributed by atoms with Gasteiger partial charge in [-0.1, -0.05) is 12.1 Å². The molecule has 0 saturated carbocycles. The highest BCUT2D eigenvalue weighted by Gasteiger charge is 2.18. The SMILES string of the molecule is CCOc1ccc(C2CN(C)CCN2)cc1C. The van der Waals surface area contributed by atoms with Crippen molar-refractivity contribution in [2.24, 2.45) is 0 Å². The van der Waals surface area contributed by atoms with Crippen molar-refractivity contribution in [3.05, 3.63) is 29.3 Å². The highest BCUT2D eigenvalue weighted by atomic mass is 16.5. The second-order valence-corrected chi connectivity index (χ2v) is 4.73. The molecule has 1 N–H and O–H groups in total. The summed E-state index contributed by atoms with van der Waals surface area (Å²) in [5, 5.41) is 3.56.